The molecular formula is C16H14F3N5. The van der Waals surface area contributed by atoms with Crippen LogP contribution in [0.4, 0.5) is 19.0 Å². The summed E-state index contributed by atoms with van der Waals surface area (Å²) >= 11 is 0. The van der Waals surface area contributed by atoms with Crippen LogP contribution in [0.25, 0.3) is 5.65 Å². The van der Waals surface area contributed by atoms with Gasteiger partial charge in [0, 0.05) is 19.0 Å². The van der Waals surface area contributed by atoms with E-state index < -0.39 is 12.2 Å². The molecule has 0 amide bonds. The Morgan fingerprint density at radius 3 is 2.71 bits per heavy atom. The maximum atomic E-state index is 13.9. The maximum Gasteiger partial charge on any atom is 0.299 e. The number of alkyl halides is 2. The number of benzene rings is 1. The fourth-order valence-corrected chi connectivity index (χ4v) is 3.13. The summed E-state index contributed by atoms with van der Waals surface area (Å²) in [6, 6.07) is 10.1. The molecule has 5 nitrogen and oxygen atoms in total. The van der Waals surface area contributed by atoms with Crippen LogP contribution >= 0.6 is 0 Å². The second kappa shape index (κ2) is 5.77. The molecule has 0 aliphatic carbocycles. The molecular weight excluding hydrogens is 319 g/mol. The monoisotopic (exact) mass is 333 g/mol. The number of nitrogens with zero attached hydrogens (tertiary/aromatic N) is 5. The summed E-state index contributed by atoms with van der Waals surface area (Å²) in [4.78, 5) is 1.96. The van der Waals surface area contributed by atoms with Gasteiger partial charge >= 0.3 is 0 Å². The van der Waals surface area contributed by atoms with Crippen molar-refractivity contribution < 1.29 is 13.2 Å². The topological polar surface area (TPSA) is 46.3 Å². The highest BCUT2D eigenvalue weighted by molar-refractivity contribution is 5.47. The van der Waals surface area contributed by atoms with Gasteiger partial charge in [-0.25, -0.2) is 13.2 Å². The Balaban J connectivity index is 1.62. The summed E-state index contributed by atoms with van der Waals surface area (Å²) in [5.74, 6) is -0.0783. The number of hydrogen-bond acceptors (Lipinski definition) is 4. The first-order valence-corrected chi connectivity index (χ1v) is 7.63. The minimum Gasteiger partial charge on any atom is -0.355 e. The zero-order valence-electron chi connectivity index (χ0n) is 12.6. The molecule has 1 saturated heterocycles. The molecule has 2 aromatic heterocycles. The Kier molecular flexibility index (Phi) is 3.59. The third-order valence-corrected chi connectivity index (χ3v) is 4.33. The molecule has 1 aromatic carbocycles. The minimum absolute atomic E-state index is 0.0548. The van der Waals surface area contributed by atoms with E-state index in [-0.39, 0.29) is 17.4 Å². The third-order valence-electron chi connectivity index (χ3n) is 4.33. The highest BCUT2D eigenvalue weighted by Gasteiger charge is 2.27. The van der Waals surface area contributed by atoms with Gasteiger partial charge in [0.25, 0.3) is 6.43 Å². The Morgan fingerprint density at radius 1 is 1.08 bits per heavy atom. The Morgan fingerprint density at radius 2 is 1.92 bits per heavy atom. The van der Waals surface area contributed by atoms with Gasteiger partial charge in [-0.3, -0.25) is 0 Å². The molecule has 124 valence electrons. The molecule has 0 bridgehead atoms. The number of aromatic nitrogens is 4. The van der Waals surface area contributed by atoms with E-state index in [1.54, 1.807) is 24.3 Å². The van der Waals surface area contributed by atoms with Crippen molar-refractivity contribution in [2.45, 2.75) is 18.8 Å². The van der Waals surface area contributed by atoms with Crippen molar-refractivity contribution in [1.82, 2.24) is 19.8 Å². The van der Waals surface area contributed by atoms with E-state index in [0.29, 0.717) is 24.5 Å². The molecule has 3 heterocycles. The quantitative estimate of drug-likeness (QED) is 0.738. The lowest BCUT2D eigenvalue weighted by Gasteiger charge is -2.17. The molecule has 1 fully saturated rings. The Hall–Kier alpha value is -2.64. The van der Waals surface area contributed by atoms with E-state index in [4.69, 9.17) is 0 Å². The molecule has 1 aliphatic heterocycles. The highest BCUT2D eigenvalue weighted by atomic mass is 19.3. The summed E-state index contributed by atoms with van der Waals surface area (Å²) < 4.78 is 40.9. The first-order valence-electron chi connectivity index (χ1n) is 7.63. The summed E-state index contributed by atoms with van der Waals surface area (Å²) in [6.07, 6.45) is -1.96. The summed E-state index contributed by atoms with van der Waals surface area (Å²) in [6.45, 7) is 1.27. The summed E-state index contributed by atoms with van der Waals surface area (Å²) in [5, 5.41) is 11.4. The molecule has 8 heteroatoms. The van der Waals surface area contributed by atoms with Gasteiger partial charge in [-0.1, -0.05) is 18.2 Å². The first-order chi connectivity index (χ1) is 11.6. The summed E-state index contributed by atoms with van der Waals surface area (Å²) in [5.41, 5.74) is 0.956. The molecule has 0 saturated carbocycles. The van der Waals surface area contributed by atoms with Crippen molar-refractivity contribution in [1.29, 1.82) is 0 Å². The van der Waals surface area contributed by atoms with Crippen LogP contribution in [0, 0.1) is 5.82 Å². The van der Waals surface area contributed by atoms with Crippen LogP contribution < -0.4 is 4.90 Å². The number of anilines is 1. The molecule has 1 aliphatic rings. The van der Waals surface area contributed by atoms with Gasteiger partial charge in [0.05, 0.1) is 0 Å². The fourth-order valence-electron chi connectivity index (χ4n) is 3.13. The first kappa shape index (κ1) is 14.9. The molecule has 3 aromatic rings. The largest absolute Gasteiger partial charge is 0.355 e. The van der Waals surface area contributed by atoms with Crippen LogP contribution in [-0.2, 0) is 0 Å². The lowest BCUT2D eigenvalue weighted by atomic mass is 9.98. The van der Waals surface area contributed by atoms with Crippen LogP contribution in [0.5, 0.6) is 0 Å². The summed E-state index contributed by atoms with van der Waals surface area (Å²) in [7, 11) is 0. The van der Waals surface area contributed by atoms with Crippen molar-refractivity contribution in [3.05, 3.63) is 53.6 Å². The standard InChI is InChI=1S/C16H14F3N5/c17-12-4-2-1-3-11(12)10-7-8-23(9-10)14-6-5-13-20-21-16(15(18)19)24(13)22-14/h1-6,10,15H,7-9H2/t10-/m0/s1. The zero-order valence-corrected chi connectivity index (χ0v) is 12.6. The Labute approximate surface area is 135 Å². The van der Waals surface area contributed by atoms with E-state index in [2.05, 4.69) is 15.3 Å². The van der Waals surface area contributed by atoms with Gasteiger partial charge in [-0.2, -0.15) is 4.52 Å². The van der Waals surface area contributed by atoms with E-state index in [1.807, 2.05) is 11.0 Å². The number of rotatable bonds is 3. The third kappa shape index (κ3) is 2.47. The van der Waals surface area contributed by atoms with Gasteiger partial charge in [0.15, 0.2) is 5.65 Å². The average Bonchev–Trinajstić information content (AvgIpc) is 3.21. The normalized spacial score (nSPS) is 18.0. The Bertz CT molecular complexity index is 879. The molecule has 4 rings (SSSR count). The molecule has 24 heavy (non-hydrogen) atoms. The smallest absolute Gasteiger partial charge is 0.299 e. The van der Waals surface area contributed by atoms with Gasteiger partial charge in [0.2, 0.25) is 5.82 Å². The van der Waals surface area contributed by atoms with Gasteiger partial charge in [0.1, 0.15) is 11.6 Å². The second-order valence-electron chi connectivity index (χ2n) is 5.77. The number of halogens is 3. The van der Waals surface area contributed by atoms with Gasteiger partial charge in [-0.05, 0) is 30.2 Å². The lowest BCUT2D eigenvalue weighted by molar-refractivity contribution is 0.137. The molecule has 0 radical (unpaired) electrons. The molecule has 0 unspecified atom stereocenters. The SMILES string of the molecule is Fc1ccccc1[C@H]1CCN(c2ccc3nnc(C(F)F)n3n2)C1. The van der Waals surface area contributed by atoms with Gasteiger partial charge in [-0.15, -0.1) is 15.3 Å². The van der Waals surface area contributed by atoms with Crippen molar-refractivity contribution in [3.8, 4) is 0 Å². The van der Waals surface area contributed by atoms with Crippen LogP contribution in [-0.4, -0.2) is 32.9 Å². The van der Waals surface area contributed by atoms with E-state index in [9.17, 15) is 13.2 Å². The van der Waals surface area contributed by atoms with Crippen molar-refractivity contribution in [2.24, 2.45) is 0 Å². The van der Waals surface area contributed by atoms with Crippen molar-refractivity contribution in [3.63, 3.8) is 0 Å². The van der Waals surface area contributed by atoms with Gasteiger partial charge < -0.3 is 4.90 Å². The lowest BCUT2D eigenvalue weighted by Crippen LogP contribution is -2.21. The van der Waals surface area contributed by atoms with Crippen molar-refractivity contribution in [2.75, 3.05) is 18.0 Å². The number of fused-ring (bicyclic) bond motifs is 1. The van der Waals surface area contributed by atoms with Crippen LogP contribution in [0.2, 0.25) is 0 Å². The zero-order chi connectivity index (χ0) is 16.7. The molecule has 0 spiro atoms. The maximum absolute atomic E-state index is 13.9. The van der Waals surface area contributed by atoms with E-state index in [0.717, 1.165) is 10.9 Å². The predicted octanol–water partition coefficient (Wildman–Crippen LogP) is 3.19. The average molecular weight is 333 g/mol. The van der Waals surface area contributed by atoms with Crippen molar-refractivity contribution >= 4 is 11.5 Å². The minimum atomic E-state index is -2.74. The molecule has 1 atom stereocenters. The second-order valence-corrected chi connectivity index (χ2v) is 5.77. The van der Waals surface area contributed by atoms with E-state index in [1.165, 1.54) is 6.07 Å². The fraction of sp³-hybridized carbons (Fsp3) is 0.312. The van der Waals surface area contributed by atoms with Crippen LogP contribution in [0.3, 0.4) is 0 Å². The molecule has 0 N–H and O–H groups in total. The highest BCUT2D eigenvalue weighted by Crippen LogP contribution is 2.31. The van der Waals surface area contributed by atoms with E-state index >= 15 is 0 Å². The van der Waals surface area contributed by atoms with Crippen LogP contribution in [0.1, 0.15) is 30.2 Å². The predicted molar refractivity (Wildman–Crippen MR) is 81.7 cm³/mol. The van der Waals surface area contributed by atoms with Crippen LogP contribution in [0.15, 0.2) is 36.4 Å². The number of hydrogen-bond donors (Lipinski definition) is 0.